The summed E-state index contributed by atoms with van der Waals surface area (Å²) in [5, 5.41) is 9.94. The van der Waals surface area contributed by atoms with Gasteiger partial charge in [0.15, 0.2) is 0 Å². The highest BCUT2D eigenvalue weighted by molar-refractivity contribution is 7.90. The topological polar surface area (TPSA) is 127 Å². The van der Waals surface area contributed by atoms with Gasteiger partial charge in [-0.25, -0.2) is 22.7 Å². The van der Waals surface area contributed by atoms with Gasteiger partial charge in [-0.3, -0.25) is 0 Å². The van der Waals surface area contributed by atoms with Crippen LogP contribution in [-0.2, 0) is 10.0 Å². The zero-order chi connectivity index (χ0) is 11.6. The molecule has 0 fully saturated rings. The van der Waals surface area contributed by atoms with Gasteiger partial charge in [0.25, 0.3) is 10.0 Å². The van der Waals surface area contributed by atoms with E-state index < -0.39 is 26.9 Å². The maximum atomic E-state index is 11.4. The van der Waals surface area contributed by atoms with E-state index in [9.17, 15) is 18.0 Å². The average Bonchev–Trinajstić information content (AvgIpc) is 2.48. The van der Waals surface area contributed by atoms with Crippen molar-refractivity contribution in [3.05, 3.63) is 16.3 Å². The fourth-order valence-electron chi connectivity index (χ4n) is 0.852. The van der Waals surface area contributed by atoms with Crippen LogP contribution in [0, 0.1) is 0 Å². The molecule has 0 aliphatic rings. The Bertz CT molecular complexity index is 503. The maximum absolute atomic E-state index is 11.4. The Balaban J connectivity index is 3.22. The summed E-state index contributed by atoms with van der Waals surface area (Å²) < 4.78 is 24.2. The van der Waals surface area contributed by atoms with E-state index in [0.717, 1.165) is 17.4 Å². The molecule has 1 rings (SSSR count). The number of urea groups is 1. The predicted molar refractivity (Wildman–Crippen MR) is 51.2 cm³/mol. The molecule has 0 aromatic carbocycles. The zero-order valence-electron chi connectivity index (χ0n) is 7.13. The molecule has 82 valence electrons. The normalized spacial score (nSPS) is 10.9. The molecule has 0 aliphatic heterocycles. The van der Waals surface area contributed by atoms with E-state index >= 15 is 0 Å². The first-order valence-corrected chi connectivity index (χ1v) is 5.84. The van der Waals surface area contributed by atoms with Crippen LogP contribution in [0.3, 0.4) is 0 Å². The lowest BCUT2D eigenvalue weighted by molar-refractivity contribution is 0.0698. The summed E-state index contributed by atoms with van der Waals surface area (Å²) in [5.74, 6) is -1.38. The van der Waals surface area contributed by atoms with Crippen LogP contribution < -0.4 is 10.5 Å². The van der Waals surface area contributed by atoms with E-state index in [1.54, 1.807) is 0 Å². The molecule has 15 heavy (non-hydrogen) atoms. The average molecular weight is 250 g/mol. The molecule has 4 N–H and O–H groups in total. The highest BCUT2D eigenvalue weighted by Crippen LogP contribution is 2.21. The number of rotatable bonds is 3. The largest absolute Gasteiger partial charge is 0.477 e. The van der Waals surface area contributed by atoms with Crippen molar-refractivity contribution in [3.63, 3.8) is 0 Å². The van der Waals surface area contributed by atoms with Crippen LogP contribution in [0.4, 0.5) is 4.79 Å². The minimum Gasteiger partial charge on any atom is -0.477 e. The highest BCUT2D eigenvalue weighted by atomic mass is 32.2. The van der Waals surface area contributed by atoms with E-state index in [2.05, 4.69) is 5.73 Å². The number of carboxylic acids is 1. The molecule has 7 nitrogen and oxygen atoms in total. The molecular formula is C6H6N2O5S2. The summed E-state index contributed by atoms with van der Waals surface area (Å²) in [6, 6.07) is -0.183. The summed E-state index contributed by atoms with van der Waals surface area (Å²) in [6.45, 7) is 0. The van der Waals surface area contributed by atoms with Gasteiger partial charge in [0.1, 0.15) is 9.77 Å². The molecule has 9 heteroatoms. The Morgan fingerprint density at radius 2 is 2.07 bits per heavy atom. The predicted octanol–water partition coefficient (Wildman–Crippen LogP) is -0.197. The number of sulfonamides is 1. The fraction of sp³-hybridized carbons (Fsp3) is 0. The van der Waals surface area contributed by atoms with Gasteiger partial charge in [0.2, 0.25) is 0 Å². The second kappa shape index (κ2) is 3.87. The number of amides is 2. The van der Waals surface area contributed by atoms with Crippen molar-refractivity contribution in [3.8, 4) is 0 Å². The number of aromatic carboxylic acids is 1. The third-order valence-electron chi connectivity index (χ3n) is 1.35. The Hall–Kier alpha value is -1.61. The molecule has 1 aromatic heterocycles. The van der Waals surface area contributed by atoms with Crippen molar-refractivity contribution in [1.82, 2.24) is 4.72 Å². The smallest absolute Gasteiger partial charge is 0.347 e. The minimum absolute atomic E-state index is 0.372. The van der Waals surface area contributed by atoms with Crippen molar-refractivity contribution in [1.29, 1.82) is 0 Å². The first kappa shape index (κ1) is 11.5. The van der Waals surface area contributed by atoms with Crippen molar-refractivity contribution >= 4 is 33.4 Å². The molecule has 0 aliphatic carbocycles. The Kier molecular flexibility index (Phi) is 2.95. The Morgan fingerprint density at radius 3 is 2.53 bits per heavy atom. The standard InChI is InChI=1S/C6H6N2O5S2/c7-6(11)8-15(12,13)3-1-2-14-4(3)5(9)10/h1-2H,(H,9,10)(H3,7,8,11). The van der Waals surface area contributed by atoms with Crippen LogP contribution >= 0.6 is 11.3 Å². The summed E-state index contributed by atoms with van der Waals surface area (Å²) in [7, 11) is -4.19. The molecule has 0 unspecified atom stereocenters. The van der Waals surface area contributed by atoms with Crippen LogP contribution in [0.15, 0.2) is 16.3 Å². The minimum atomic E-state index is -4.19. The van der Waals surface area contributed by atoms with Gasteiger partial charge >= 0.3 is 12.0 Å². The molecule has 1 heterocycles. The number of thiophene rings is 1. The van der Waals surface area contributed by atoms with Crippen LogP contribution in [0.2, 0.25) is 0 Å². The molecule has 2 amide bonds. The highest BCUT2D eigenvalue weighted by Gasteiger charge is 2.24. The monoisotopic (exact) mass is 250 g/mol. The second-order valence-electron chi connectivity index (χ2n) is 2.39. The molecule has 0 radical (unpaired) electrons. The van der Waals surface area contributed by atoms with Gasteiger partial charge < -0.3 is 10.8 Å². The molecule has 1 aromatic rings. The number of nitrogens with two attached hydrogens (primary N) is 1. The quantitative estimate of drug-likeness (QED) is 0.684. The number of hydrogen-bond donors (Lipinski definition) is 3. The van der Waals surface area contributed by atoms with Crippen molar-refractivity contribution in [2.75, 3.05) is 0 Å². The molecule has 0 atom stereocenters. The lowest BCUT2D eigenvalue weighted by Gasteiger charge is -2.02. The first-order chi connectivity index (χ1) is 6.84. The molecular weight excluding hydrogens is 244 g/mol. The fourth-order valence-corrected chi connectivity index (χ4v) is 2.99. The SMILES string of the molecule is NC(=O)NS(=O)(=O)c1ccsc1C(=O)O. The summed E-state index contributed by atoms with van der Waals surface area (Å²) in [4.78, 5) is 20.2. The third-order valence-corrected chi connectivity index (χ3v) is 3.77. The van der Waals surface area contributed by atoms with Crippen LogP contribution in [0.5, 0.6) is 0 Å². The second-order valence-corrected chi connectivity index (χ2v) is 4.96. The van der Waals surface area contributed by atoms with Gasteiger partial charge in [-0.15, -0.1) is 11.3 Å². The number of carbonyl (C=O) groups is 2. The van der Waals surface area contributed by atoms with Crippen LogP contribution in [0.25, 0.3) is 0 Å². The van der Waals surface area contributed by atoms with Crippen LogP contribution in [0.1, 0.15) is 9.67 Å². The van der Waals surface area contributed by atoms with Crippen molar-refractivity contribution < 1.29 is 23.1 Å². The van der Waals surface area contributed by atoms with E-state index in [-0.39, 0.29) is 4.88 Å². The first-order valence-electron chi connectivity index (χ1n) is 3.47. The van der Waals surface area contributed by atoms with Crippen LogP contribution in [-0.4, -0.2) is 25.5 Å². The Morgan fingerprint density at radius 1 is 1.47 bits per heavy atom. The Labute approximate surface area is 88.6 Å². The van der Waals surface area contributed by atoms with E-state index in [1.807, 2.05) is 0 Å². The third kappa shape index (κ3) is 2.44. The van der Waals surface area contributed by atoms with Gasteiger partial charge in [0.05, 0.1) is 0 Å². The number of carboxylic acid groups (broad SMARTS) is 1. The van der Waals surface area contributed by atoms with E-state index in [4.69, 9.17) is 5.11 Å². The van der Waals surface area contributed by atoms with Gasteiger partial charge in [-0.1, -0.05) is 0 Å². The number of nitrogens with one attached hydrogen (secondary N) is 1. The summed E-state index contributed by atoms with van der Waals surface area (Å²) in [5.41, 5.74) is 4.64. The van der Waals surface area contributed by atoms with E-state index in [1.165, 1.54) is 10.1 Å². The number of carbonyl (C=O) groups excluding carboxylic acids is 1. The molecule has 0 spiro atoms. The summed E-state index contributed by atoms with van der Waals surface area (Å²) >= 11 is 0.741. The van der Waals surface area contributed by atoms with Gasteiger partial charge in [0, 0.05) is 0 Å². The lowest BCUT2D eigenvalue weighted by atomic mass is 10.5. The van der Waals surface area contributed by atoms with Gasteiger partial charge in [-0.2, -0.15) is 0 Å². The van der Waals surface area contributed by atoms with Crippen molar-refractivity contribution in [2.24, 2.45) is 5.73 Å². The zero-order valence-corrected chi connectivity index (χ0v) is 8.76. The molecule has 0 saturated carbocycles. The van der Waals surface area contributed by atoms with Crippen molar-refractivity contribution in [2.45, 2.75) is 4.90 Å². The maximum Gasteiger partial charge on any atom is 0.347 e. The molecule has 0 bridgehead atoms. The number of primary amides is 1. The lowest BCUT2D eigenvalue weighted by Crippen LogP contribution is -2.35. The summed E-state index contributed by atoms with van der Waals surface area (Å²) in [6.07, 6.45) is 0. The molecule has 0 saturated heterocycles. The van der Waals surface area contributed by atoms with Gasteiger partial charge in [-0.05, 0) is 11.4 Å². The number of hydrogen-bond acceptors (Lipinski definition) is 5. The van der Waals surface area contributed by atoms with E-state index in [0.29, 0.717) is 0 Å².